The van der Waals surface area contributed by atoms with Gasteiger partial charge in [-0.2, -0.15) is 5.10 Å². The lowest BCUT2D eigenvalue weighted by atomic mass is 9.88. The predicted molar refractivity (Wildman–Crippen MR) is 88.4 cm³/mol. The van der Waals surface area contributed by atoms with E-state index in [-0.39, 0.29) is 5.41 Å². The van der Waals surface area contributed by atoms with Gasteiger partial charge in [0.15, 0.2) is 0 Å². The molecular weight excluding hydrogens is 258 g/mol. The van der Waals surface area contributed by atoms with Crippen LogP contribution in [-0.4, -0.2) is 16.3 Å². The Labute approximate surface area is 127 Å². The molecule has 1 aliphatic heterocycles. The minimum atomic E-state index is 0.0735. The third-order valence-electron chi connectivity index (χ3n) is 4.18. The number of nitrogens with zero attached hydrogens (tertiary/aromatic N) is 2. The highest BCUT2D eigenvalue weighted by Gasteiger charge is 2.28. The molecule has 0 amide bonds. The highest BCUT2D eigenvalue weighted by molar-refractivity contribution is 5.57. The Morgan fingerprint density at radius 2 is 1.90 bits per heavy atom. The van der Waals surface area contributed by atoms with Gasteiger partial charge in [-0.25, -0.2) is 4.68 Å². The Morgan fingerprint density at radius 1 is 1.14 bits per heavy atom. The molecule has 0 bridgehead atoms. The van der Waals surface area contributed by atoms with E-state index in [2.05, 4.69) is 62.0 Å². The van der Waals surface area contributed by atoms with E-state index in [1.165, 1.54) is 41.2 Å². The van der Waals surface area contributed by atoms with Gasteiger partial charge >= 0.3 is 0 Å². The molecule has 0 saturated heterocycles. The van der Waals surface area contributed by atoms with Crippen molar-refractivity contribution in [1.82, 2.24) is 9.78 Å². The molecular formula is C18H25N3. The molecule has 1 N–H and O–H groups in total. The van der Waals surface area contributed by atoms with Crippen LogP contribution in [0.2, 0.25) is 0 Å². The summed E-state index contributed by atoms with van der Waals surface area (Å²) in [5.74, 6) is 1.20. The summed E-state index contributed by atoms with van der Waals surface area (Å²) in [4.78, 5) is 0. The number of anilines is 1. The lowest BCUT2D eigenvalue weighted by Crippen LogP contribution is -2.15. The standard InChI is InChI=1S/C18H25N3/c1-13-9-5-6-11-15(13)21-17-14(10-7-8-12-19-17)16(20-21)18(2,3)4/h5-6,9,11,19H,7-8,10,12H2,1-4H3. The van der Waals surface area contributed by atoms with Crippen LogP contribution in [0, 0.1) is 6.92 Å². The number of nitrogens with one attached hydrogen (secondary N) is 1. The molecule has 0 radical (unpaired) electrons. The molecule has 0 saturated carbocycles. The number of hydrogen-bond acceptors (Lipinski definition) is 2. The summed E-state index contributed by atoms with van der Waals surface area (Å²) in [6, 6.07) is 8.47. The molecule has 1 aliphatic rings. The lowest BCUT2D eigenvalue weighted by molar-refractivity contribution is 0.552. The summed E-state index contributed by atoms with van der Waals surface area (Å²) in [6.45, 7) is 9.94. The first-order chi connectivity index (χ1) is 9.98. The van der Waals surface area contributed by atoms with Gasteiger partial charge in [-0.05, 0) is 37.8 Å². The van der Waals surface area contributed by atoms with Crippen LogP contribution in [-0.2, 0) is 11.8 Å². The molecule has 0 atom stereocenters. The molecule has 3 heteroatoms. The van der Waals surface area contributed by atoms with E-state index in [9.17, 15) is 0 Å². The van der Waals surface area contributed by atoms with E-state index >= 15 is 0 Å². The minimum Gasteiger partial charge on any atom is -0.370 e. The zero-order chi connectivity index (χ0) is 15.0. The predicted octanol–water partition coefficient (Wildman–Crippen LogP) is 4.23. The number of aromatic nitrogens is 2. The van der Waals surface area contributed by atoms with Crippen LogP contribution >= 0.6 is 0 Å². The summed E-state index contributed by atoms with van der Waals surface area (Å²) in [5.41, 5.74) is 5.15. The van der Waals surface area contributed by atoms with Gasteiger partial charge in [0.1, 0.15) is 5.82 Å². The molecule has 0 spiro atoms. The smallest absolute Gasteiger partial charge is 0.133 e. The van der Waals surface area contributed by atoms with E-state index in [0.717, 1.165) is 13.0 Å². The van der Waals surface area contributed by atoms with Crippen LogP contribution < -0.4 is 5.32 Å². The second-order valence-corrected chi connectivity index (χ2v) is 7.01. The molecule has 21 heavy (non-hydrogen) atoms. The highest BCUT2D eigenvalue weighted by atomic mass is 15.3. The Kier molecular flexibility index (Phi) is 3.52. The Morgan fingerprint density at radius 3 is 2.62 bits per heavy atom. The van der Waals surface area contributed by atoms with Crippen LogP contribution in [0.25, 0.3) is 5.69 Å². The van der Waals surface area contributed by atoms with Gasteiger partial charge in [0.05, 0.1) is 11.4 Å². The topological polar surface area (TPSA) is 29.9 Å². The summed E-state index contributed by atoms with van der Waals surface area (Å²) >= 11 is 0. The third-order valence-corrected chi connectivity index (χ3v) is 4.18. The first kappa shape index (κ1) is 14.2. The fourth-order valence-corrected chi connectivity index (χ4v) is 3.08. The zero-order valence-electron chi connectivity index (χ0n) is 13.5. The Hall–Kier alpha value is -1.77. The number of fused-ring (bicyclic) bond motifs is 1. The first-order valence-corrected chi connectivity index (χ1v) is 7.91. The third kappa shape index (κ3) is 2.57. The van der Waals surface area contributed by atoms with Gasteiger partial charge in [-0.3, -0.25) is 0 Å². The quantitative estimate of drug-likeness (QED) is 0.849. The fraction of sp³-hybridized carbons (Fsp3) is 0.500. The Bertz CT molecular complexity index is 647. The first-order valence-electron chi connectivity index (χ1n) is 7.91. The van der Waals surface area contributed by atoms with E-state index in [1.54, 1.807) is 0 Å². The molecule has 1 aromatic heterocycles. The van der Waals surface area contributed by atoms with E-state index in [0.29, 0.717) is 0 Å². The van der Waals surface area contributed by atoms with E-state index in [1.807, 2.05) is 0 Å². The summed E-state index contributed by atoms with van der Waals surface area (Å²) in [6.07, 6.45) is 3.59. The van der Waals surface area contributed by atoms with Crippen molar-refractivity contribution in [1.29, 1.82) is 0 Å². The molecule has 1 aromatic carbocycles. The van der Waals surface area contributed by atoms with Gasteiger partial charge in [0.25, 0.3) is 0 Å². The summed E-state index contributed by atoms with van der Waals surface area (Å²) < 4.78 is 2.12. The van der Waals surface area contributed by atoms with Crippen molar-refractivity contribution >= 4 is 5.82 Å². The van der Waals surface area contributed by atoms with Crippen molar-refractivity contribution in [2.45, 2.75) is 52.4 Å². The van der Waals surface area contributed by atoms with Gasteiger partial charge in [0.2, 0.25) is 0 Å². The number of aryl methyl sites for hydroxylation is 1. The second-order valence-electron chi connectivity index (χ2n) is 7.01. The van der Waals surface area contributed by atoms with Gasteiger partial charge in [-0.1, -0.05) is 39.0 Å². The molecule has 2 heterocycles. The van der Waals surface area contributed by atoms with Crippen LogP contribution in [0.1, 0.15) is 50.4 Å². The normalized spacial score (nSPS) is 15.2. The van der Waals surface area contributed by atoms with Crippen LogP contribution in [0.3, 0.4) is 0 Å². The second kappa shape index (κ2) is 5.21. The van der Waals surface area contributed by atoms with E-state index < -0.39 is 0 Å². The van der Waals surface area contributed by atoms with Gasteiger partial charge in [-0.15, -0.1) is 0 Å². The number of benzene rings is 1. The SMILES string of the molecule is Cc1ccccc1-n1nc(C(C)(C)C)c2c1NCCCC2. The van der Waals surface area contributed by atoms with Crippen molar-refractivity contribution in [3.63, 3.8) is 0 Å². The number of hydrogen-bond donors (Lipinski definition) is 1. The van der Waals surface area contributed by atoms with E-state index in [4.69, 9.17) is 5.10 Å². The van der Waals surface area contributed by atoms with Crippen LogP contribution in [0.15, 0.2) is 24.3 Å². The minimum absolute atomic E-state index is 0.0735. The largest absolute Gasteiger partial charge is 0.370 e. The molecule has 0 aliphatic carbocycles. The van der Waals surface area contributed by atoms with Crippen molar-refractivity contribution in [2.75, 3.05) is 11.9 Å². The maximum absolute atomic E-state index is 4.99. The molecule has 3 rings (SSSR count). The van der Waals surface area contributed by atoms with Crippen molar-refractivity contribution in [3.05, 3.63) is 41.1 Å². The average Bonchev–Trinajstić information content (AvgIpc) is 2.63. The maximum atomic E-state index is 4.99. The zero-order valence-corrected chi connectivity index (χ0v) is 13.5. The van der Waals surface area contributed by atoms with Crippen LogP contribution in [0.5, 0.6) is 0 Å². The molecule has 3 nitrogen and oxygen atoms in total. The monoisotopic (exact) mass is 283 g/mol. The van der Waals surface area contributed by atoms with Crippen molar-refractivity contribution in [3.8, 4) is 5.69 Å². The van der Waals surface area contributed by atoms with Gasteiger partial charge in [0, 0.05) is 17.5 Å². The lowest BCUT2D eigenvalue weighted by Gasteiger charge is -2.17. The van der Waals surface area contributed by atoms with Crippen molar-refractivity contribution in [2.24, 2.45) is 0 Å². The maximum Gasteiger partial charge on any atom is 0.133 e. The number of para-hydroxylation sites is 1. The van der Waals surface area contributed by atoms with Crippen molar-refractivity contribution < 1.29 is 0 Å². The summed E-state index contributed by atoms with van der Waals surface area (Å²) in [7, 11) is 0. The molecule has 112 valence electrons. The summed E-state index contributed by atoms with van der Waals surface area (Å²) in [5, 5.41) is 8.60. The molecule has 0 unspecified atom stereocenters. The highest BCUT2D eigenvalue weighted by Crippen LogP contribution is 2.34. The number of rotatable bonds is 1. The average molecular weight is 283 g/mol. The van der Waals surface area contributed by atoms with Crippen LogP contribution in [0.4, 0.5) is 5.82 Å². The van der Waals surface area contributed by atoms with Gasteiger partial charge < -0.3 is 5.32 Å². The fourth-order valence-electron chi connectivity index (χ4n) is 3.08. The molecule has 0 fully saturated rings. The molecule has 2 aromatic rings. The Balaban J connectivity index is 2.22.